The lowest BCUT2D eigenvalue weighted by atomic mass is 9.70. The van der Waals surface area contributed by atoms with Gasteiger partial charge in [-0.3, -0.25) is 4.79 Å². The second-order valence-electron chi connectivity index (χ2n) is 9.93. The van der Waals surface area contributed by atoms with E-state index >= 15 is 4.39 Å². The highest BCUT2D eigenvalue weighted by atomic mass is 32.2. The lowest BCUT2D eigenvalue weighted by Crippen LogP contribution is -2.45. The molecule has 1 unspecified atom stereocenters. The molecule has 2 aromatic rings. The summed E-state index contributed by atoms with van der Waals surface area (Å²) in [7, 11) is -0.157. The first-order valence-electron chi connectivity index (χ1n) is 13.3. The summed E-state index contributed by atoms with van der Waals surface area (Å²) in [5, 5.41) is 3.32. The lowest BCUT2D eigenvalue weighted by molar-refractivity contribution is -0.121. The molecule has 3 heterocycles. The van der Waals surface area contributed by atoms with Gasteiger partial charge in [-0.05, 0) is 43.7 Å². The van der Waals surface area contributed by atoms with Gasteiger partial charge in [0.2, 0.25) is 0 Å². The molecule has 0 bridgehead atoms. The Morgan fingerprint density at radius 3 is 2.49 bits per heavy atom. The van der Waals surface area contributed by atoms with Gasteiger partial charge >= 0.3 is 0 Å². The Hall–Kier alpha value is -3.74. The number of piperazine rings is 1. The fraction of sp³-hybridized carbons (Fsp3) is 0.379. The molecule has 0 spiro atoms. The minimum Gasteiger partial charge on any atom is -0.497 e. The molecule has 5 rings (SSSR count). The van der Waals surface area contributed by atoms with Crippen molar-refractivity contribution in [3.63, 3.8) is 0 Å². The summed E-state index contributed by atoms with van der Waals surface area (Å²) in [6.07, 6.45) is 3.63. The average molecular weight is 585 g/mol. The summed E-state index contributed by atoms with van der Waals surface area (Å²) in [4.78, 5) is 20.4. The number of carbonyl (C=O) groups is 1. The highest BCUT2D eigenvalue weighted by molar-refractivity contribution is 7.90. The number of carbonyl (C=O) groups excluding carboxylic acids is 1. The van der Waals surface area contributed by atoms with Crippen LogP contribution in [0.1, 0.15) is 18.4 Å². The van der Waals surface area contributed by atoms with Gasteiger partial charge in [-0.15, -0.1) is 0 Å². The Morgan fingerprint density at radius 1 is 1.05 bits per heavy atom. The van der Waals surface area contributed by atoms with Crippen LogP contribution >= 0.6 is 0 Å². The first kappa shape index (κ1) is 28.8. The number of fused-ring (bicyclic) bond motifs is 1. The van der Waals surface area contributed by atoms with Crippen molar-refractivity contribution < 1.29 is 31.8 Å². The molecule has 1 N–H and O–H groups in total. The predicted molar refractivity (Wildman–Crippen MR) is 151 cm³/mol. The van der Waals surface area contributed by atoms with Crippen molar-refractivity contribution in [2.24, 2.45) is 4.99 Å². The molecule has 1 amide bonds. The Labute approximate surface area is 239 Å². The fourth-order valence-electron chi connectivity index (χ4n) is 5.61. The van der Waals surface area contributed by atoms with Gasteiger partial charge in [-0.25, -0.2) is 17.1 Å². The Balaban J connectivity index is 1.60. The molecular weight excluding hydrogens is 551 g/mol. The van der Waals surface area contributed by atoms with Crippen LogP contribution in [0.2, 0.25) is 0 Å². The van der Waals surface area contributed by atoms with Gasteiger partial charge in [-0.1, -0.05) is 18.2 Å². The molecule has 1 fully saturated rings. The van der Waals surface area contributed by atoms with Crippen LogP contribution in [0.4, 0.5) is 4.39 Å². The highest BCUT2D eigenvalue weighted by Gasteiger charge is 2.54. The number of hydrogen-bond acceptors (Lipinski definition) is 8. The molecule has 2 aromatic carbocycles. The zero-order chi connectivity index (χ0) is 29.2. The summed E-state index contributed by atoms with van der Waals surface area (Å²) < 4.78 is 60.7. The normalized spacial score (nSPS) is 21.1. The summed E-state index contributed by atoms with van der Waals surface area (Å²) in [6, 6.07) is 10.4. The monoisotopic (exact) mass is 584 g/mol. The van der Waals surface area contributed by atoms with E-state index in [1.165, 1.54) is 51.8 Å². The molecule has 1 atom stereocenters. The Bertz CT molecular complexity index is 1530. The molecule has 12 heteroatoms. The maximum Gasteiger partial charge on any atom is 0.273 e. The lowest BCUT2D eigenvalue weighted by Gasteiger charge is -2.34. The molecule has 10 nitrogen and oxygen atoms in total. The molecule has 0 saturated carbocycles. The third-order valence-electron chi connectivity index (χ3n) is 7.73. The maximum absolute atomic E-state index is 15.5. The molecule has 41 heavy (non-hydrogen) atoms. The molecule has 1 saturated heterocycles. The third kappa shape index (κ3) is 5.11. The van der Waals surface area contributed by atoms with Crippen molar-refractivity contribution in [3.8, 4) is 11.5 Å². The van der Waals surface area contributed by atoms with Gasteiger partial charge < -0.3 is 24.4 Å². The largest absolute Gasteiger partial charge is 0.497 e. The second-order valence-corrected chi connectivity index (χ2v) is 11.7. The van der Waals surface area contributed by atoms with Gasteiger partial charge in [0.15, 0.2) is 5.84 Å². The van der Waals surface area contributed by atoms with E-state index in [4.69, 9.17) is 14.2 Å². The minimum absolute atomic E-state index is 0.0501. The number of allylic oxidation sites excluding steroid dienone is 1. The number of methoxy groups -OCH3 is 3. The van der Waals surface area contributed by atoms with Gasteiger partial charge in [-0.2, -0.15) is 4.99 Å². The van der Waals surface area contributed by atoms with Crippen LogP contribution in [0, 0.1) is 5.82 Å². The van der Waals surface area contributed by atoms with E-state index in [1.807, 2.05) is 0 Å². The number of nitrogens with zero attached hydrogens (tertiary/aromatic N) is 3. The van der Waals surface area contributed by atoms with E-state index in [0.717, 1.165) is 30.5 Å². The molecule has 0 radical (unpaired) electrons. The van der Waals surface area contributed by atoms with Crippen LogP contribution in [-0.2, 0) is 25.0 Å². The van der Waals surface area contributed by atoms with Crippen LogP contribution in [0.25, 0.3) is 0 Å². The van der Waals surface area contributed by atoms with Crippen molar-refractivity contribution in [1.82, 2.24) is 14.5 Å². The molecule has 3 aliphatic rings. The number of ether oxygens (including phenoxy) is 3. The van der Waals surface area contributed by atoms with Crippen LogP contribution in [0.5, 0.6) is 11.5 Å². The van der Waals surface area contributed by atoms with E-state index < -0.39 is 27.2 Å². The standard InChI is InChI=1S/C29H33FN4O6S/c1-38-20-9-10-26(25(18-20)40-3)41(36,37)34-19-21(39-2)17-23-27(34)32-28(35)29(23,22-7-4-5-8-24(22)30)11-6-14-33-15-12-31-13-16-33/h4-5,7-10,17-19,31H,6,11-16H2,1-3H3. The molecule has 0 aliphatic carbocycles. The van der Waals surface area contributed by atoms with Crippen LogP contribution in [0.3, 0.4) is 0 Å². The zero-order valence-electron chi connectivity index (χ0n) is 23.2. The van der Waals surface area contributed by atoms with Crippen molar-refractivity contribution in [1.29, 1.82) is 0 Å². The van der Waals surface area contributed by atoms with E-state index in [1.54, 1.807) is 24.3 Å². The van der Waals surface area contributed by atoms with Crippen molar-refractivity contribution >= 4 is 21.8 Å². The predicted octanol–water partition coefficient (Wildman–Crippen LogP) is 2.82. The minimum atomic E-state index is -4.37. The number of sulfonamides is 1. The quantitative estimate of drug-likeness (QED) is 0.454. The number of halogens is 1. The van der Waals surface area contributed by atoms with Crippen molar-refractivity contribution in [2.75, 3.05) is 54.1 Å². The van der Waals surface area contributed by atoms with Crippen LogP contribution in [-0.4, -0.2) is 83.4 Å². The smallest absolute Gasteiger partial charge is 0.273 e. The van der Waals surface area contributed by atoms with Crippen LogP contribution in [0.15, 0.2) is 76.0 Å². The number of amides is 1. The Morgan fingerprint density at radius 2 is 1.80 bits per heavy atom. The first-order chi connectivity index (χ1) is 19.8. The van der Waals surface area contributed by atoms with Gasteiger partial charge in [0.05, 0.1) is 27.5 Å². The molecule has 3 aliphatic heterocycles. The number of benzene rings is 2. The average Bonchev–Trinajstić information content (AvgIpc) is 3.28. The number of rotatable bonds is 10. The second kappa shape index (κ2) is 11.6. The van der Waals surface area contributed by atoms with E-state index in [0.29, 0.717) is 18.7 Å². The topological polar surface area (TPSA) is 110 Å². The number of hydrogen-bond donors (Lipinski definition) is 1. The van der Waals surface area contributed by atoms with E-state index in [-0.39, 0.29) is 39.8 Å². The highest BCUT2D eigenvalue weighted by Crippen LogP contribution is 2.47. The van der Waals surface area contributed by atoms with Crippen molar-refractivity contribution in [3.05, 3.63) is 77.5 Å². The third-order valence-corrected chi connectivity index (χ3v) is 9.42. The zero-order valence-corrected chi connectivity index (χ0v) is 24.0. The molecular formula is C29H33FN4O6S. The summed E-state index contributed by atoms with van der Waals surface area (Å²) in [5.74, 6) is -0.665. The SMILES string of the molecule is COC1=CN(S(=O)(=O)c2ccc(OC)cc2OC)C2=NC(=O)C(CCCN3CCNCC3)(c3ccccc3F)C2=C1. The summed E-state index contributed by atoms with van der Waals surface area (Å²) in [5.41, 5.74) is -1.12. The van der Waals surface area contributed by atoms with Gasteiger partial charge in [0.25, 0.3) is 15.9 Å². The fourth-order valence-corrected chi connectivity index (χ4v) is 7.06. The van der Waals surface area contributed by atoms with Gasteiger partial charge in [0, 0.05) is 43.4 Å². The van der Waals surface area contributed by atoms with Crippen LogP contribution < -0.4 is 14.8 Å². The molecule has 0 aromatic heterocycles. The Kier molecular flexibility index (Phi) is 8.16. The number of aliphatic imine (C=N–C) groups is 1. The number of amidine groups is 1. The maximum atomic E-state index is 15.5. The van der Waals surface area contributed by atoms with E-state index in [9.17, 15) is 13.2 Å². The van der Waals surface area contributed by atoms with Crippen molar-refractivity contribution in [2.45, 2.75) is 23.2 Å². The van der Waals surface area contributed by atoms with Gasteiger partial charge in [0.1, 0.15) is 33.4 Å². The first-order valence-corrected chi connectivity index (χ1v) is 14.8. The molecule has 218 valence electrons. The number of nitrogens with one attached hydrogen (secondary N) is 1. The summed E-state index contributed by atoms with van der Waals surface area (Å²) >= 11 is 0. The van der Waals surface area contributed by atoms with E-state index in [2.05, 4.69) is 15.2 Å². The summed E-state index contributed by atoms with van der Waals surface area (Å²) in [6.45, 7) is 4.19.